The molecule has 1 aliphatic rings. The maximum atomic E-state index is 12.6. The van der Waals surface area contributed by atoms with Gasteiger partial charge in [0.15, 0.2) is 0 Å². The van der Waals surface area contributed by atoms with E-state index in [0.717, 1.165) is 34.9 Å². The van der Waals surface area contributed by atoms with Crippen molar-refractivity contribution in [2.24, 2.45) is 11.3 Å². The van der Waals surface area contributed by atoms with E-state index >= 15 is 0 Å². The number of fused-ring (bicyclic) bond motifs is 1. The molecule has 0 bridgehead atoms. The van der Waals surface area contributed by atoms with Gasteiger partial charge in [-0.05, 0) is 59.6 Å². The second-order valence-corrected chi connectivity index (χ2v) is 11.4. The molecule has 3 unspecified atom stereocenters. The predicted molar refractivity (Wildman–Crippen MR) is 155 cm³/mol. The molecule has 0 saturated heterocycles. The third-order valence-electron chi connectivity index (χ3n) is 7.44. The summed E-state index contributed by atoms with van der Waals surface area (Å²) in [5, 5.41) is 14.4. The van der Waals surface area contributed by atoms with E-state index in [1.165, 1.54) is 0 Å². The quantitative estimate of drug-likeness (QED) is 0.229. The van der Waals surface area contributed by atoms with Crippen molar-refractivity contribution in [1.29, 1.82) is 0 Å². The van der Waals surface area contributed by atoms with Crippen LogP contribution in [0.5, 0.6) is 0 Å². The number of carbonyl (C=O) groups excluding carboxylic acids is 1. The van der Waals surface area contributed by atoms with Crippen molar-refractivity contribution in [3.05, 3.63) is 92.6 Å². The number of benzene rings is 2. The molecule has 1 heterocycles. The summed E-state index contributed by atoms with van der Waals surface area (Å²) in [6.45, 7) is 4.51. The smallest absolute Gasteiger partial charge is 0.305 e. The van der Waals surface area contributed by atoms with Gasteiger partial charge < -0.3 is 15.4 Å². The normalized spacial score (nSPS) is 18.7. The number of carbonyl (C=O) groups is 2. The summed E-state index contributed by atoms with van der Waals surface area (Å²) in [5.41, 5.74) is 3.40. The van der Waals surface area contributed by atoms with Gasteiger partial charge in [-0.1, -0.05) is 85.4 Å². The van der Waals surface area contributed by atoms with Crippen molar-refractivity contribution in [2.45, 2.75) is 45.4 Å². The predicted octanol–water partition coefficient (Wildman–Crippen LogP) is 8.16. The Morgan fingerprint density at radius 1 is 1.13 bits per heavy atom. The molecule has 0 radical (unpaired) electrons. The van der Waals surface area contributed by atoms with Crippen LogP contribution in [0.15, 0.2) is 66.4 Å². The molecule has 3 N–H and O–H groups in total. The van der Waals surface area contributed by atoms with Crippen LogP contribution in [0.4, 0.5) is 0 Å². The summed E-state index contributed by atoms with van der Waals surface area (Å²) < 4.78 is 0. The zero-order valence-corrected chi connectivity index (χ0v) is 23.6. The number of aliphatic carboxylic acids is 1. The SMILES string of the molecule is CCCC(C(c1ccc(Cl)cc1)c1c[nH]c2c(Cl)cc(Cl)cc12)C1(C)C=CC(C(=O)NCCC(=O)O)=CC1. The summed E-state index contributed by atoms with van der Waals surface area (Å²) in [4.78, 5) is 26.8. The summed E-state index contributed by atoms with van der Waals surface area (Å²) in [5.74, 6) is -1.02. The number of nitrogens with one attached hydrogen (secondary N) is 2. The number of carboxylic acid groups (broad SMARTS) is 1. The Balaban J connectivity index is 1.74. The Hall–Kier alpha value is -2.73. The van der Waals surface area contributed by atoms with Crippen LogP contribution in [0.3, 0.4) is 0 Å². The number of aromatic nitrogens is 1. The summed E-state index contributed by atoms with van der Waals surface area (Å²) in [7, 11) is 0. The first-order chi connectivity index (χ1) is 18.1. The molecular formula is C30H31Cl3N2O3. The molecule has 200 valence electrons. The minimum atomic E-state index is -0.943. The van der Waals surface area contributed by atoms with Crippen LogP contribution >= 0.6 is 34.8 Å². The number of H-pyrrole nitrogens is 1. The van der Waals surface area contributed by atoms with Crippen molar-refractivity contribution in [3.63, 3.8) is 0 Å². The maximum Gasteiger partial charge on any atom is 0.305 e. The largest absolute Gasteiger partial charge is 0.481 e. The number of rotatable bonds is 10. The molecule has 0 fully saturated rings. The molecule has 38 heavy (non-hydrogen) atoms. The zero-order chi connectivity index (χ0) is 27.4. The van der Waals surface area contributed by atoms with Gasteiger partial charge in [-0.2, -0.15) is 0 Å². The molecule has 0 spiro atoms. The number of amides is 1. The van der Waals surface area contributed by atoms with Crippen LogP contribution in [-0.2, 0) is 9.59 Å². The number of carboxylic acids is 1. The van der Waals surface area contributed by atoms with Gasteiger partial charge in [-0.3, -0.25) is 9.59 Å². The van der Waals surface area contributed by atoms with Crippen LogP contribution in [0.25, 0.3) is 10.9 Å². The number of aromatic amines is 1. The van der Waals surface area contributed by atoms with Gasteiger partial charge in [0.05, 0.1) is 17.0 Å². The number of hydrogen-bond donors (Lipinski definition) is 3. The first-order valence-corrected chi connectivity index (χ1v) is 13.9. The number of hydrogen-bond acceptors (Lipinski definition) is 2. The summed E-state index contributed by atoms with van der Waals surface area (Å²) in [6, 6.07) is 11.7. The third kappa shape index (κ3) is 6.12. The van der Waals surface area contributed by atoms with Crippen molar-refractivity contribution >= 4 is 57.6 Å². The van der Waals surface area contributed by atoms with E-state index in [0.29, 0.717) is 27.1 Å². The average molecular weight is 574 g/mol. The Bertz CT molecular complexity index is 1390. The molecule has 3 atom stereocenters. The van der Waals surface area contributed by atoms with E-state index in [4.69, 9.17) is 39.9 Å². The fourth-order valence-corrected chi connectivity index (χ4v) is 6.17. The lowest BCUT2D eigenvalue weighted by Crippen LogP contribution is -2.34. The monoisotopic (exact) mass is 572 g/mol. The topological polar surface area (TPSA) is 82.2 Å². The zero-order valence-electron chi connectivity index (χ0n) is 21.4. The molecule has 3 aromatic rings. The highest BCUT2D eigenvalue weighted by atomic mass is 35.5. The molecule has 0 saturated carbocycles. The van der Waals surface area contributed by atoms with E-state index in [-0.39, 0.29) is 36.1 Å². The second kappa shape index (κ2) is 12.0. The second-order valence-electron chi connectivity index (χ2n) is 10.1. The van der Waals surface area contributed by atoms with Crippen molar-refractivity contribution in [2.75, 3.05) is 6.54 Å². The van der Waals surface area contributed by atoms with Gasteiger partial charge in [-0.25, -0.2) is 0 Å². The van der Waals surface area contributed by atoms with Crippen LogP contribution in [0.1, 0.15) is 56.6 Å². The van der Waals surface area contributed by atoms with Gasteiger partial charge in [-0.15, -0.1) is 0 Å². The molecule has 0 aliphatic heterocycles. The minimum Gasteiger partial charge on any atom is -0.481 e. The van der Waals surface area contributed by atoms with E-state index in [9.17, 15) is 9.59 Å². The molecule has 1 amide bonds. The maximum absolute atomic E-state index is 12.6. The van der Waals surface area contributed by atoms with E-state index in [2.05, 4.69) is 42.4 Å². The summed E-state index contributed by atoms with van der Waals surface area (Å²) in [6.07, 6.45) is 10.5. The first kappa shape index (κ1) is 28.3. The molecule has 1 aromatic heterocycles. The van der Waals surface area contributed by atoms with Crippen LogP contribution in [0.2, 0.25) is 15.1 Å². The molecule has 5 nitrogen and oxygen atoms in total. The molecular weight excluding hydrogens is 543 g/mol. The van der Waals surface area contributed by atoms with Gasteiger partial charge in [0.2, 0.25) is 0 Å². The minimum absolute atomic E-state index is 0.00416. The van der Waals surface area contributed by atoms with Gasteiger partial charge in [0.25, 0.3) is 5.91 Å². The van der Waals surface area contributed by atoms with Crippen molar-refractivity contribution < 1.29 is 14.7 Å². The number of halogens is 3. The fourth-order valence-electron chi connectivity index (χ4n) is 5.49. The Morgan fingerprint density at radius 3 is 2.50 bits per heavy atom. The number of allylic oxidation sites excluding steroid dienone is 2. The molecule has 1 aliphatic carbocycles. The Morgan fingerprint density at radius 2 is 1.87 bits per heavy atom. The highest BCUT2D eigenvalue weighted by Gasteiger charge is 2.40. The highest BCUT2D eigenvalue weighted by molar-refractivity contribution is 6.38. The van der Waals surface area contributed by atoms with Crippen LogP contribution in [-0.4, -0.2) is 28.5 Å². The van der Waals surface area contributed by atoms with Gasteiger partial charge >= 0.3 is 5.97 Å². The van der Waals surface area contributed by atoms with Crippen molar-refractivity contribution in [3.8, 4) is 0 Å². The summed E-state index contributed by atoms with van der Waals surface area (Å²) >= 11 is 19.2. The lowest BCUT2D eigenvalue weighted by Gasteiger charge is -2.42. The van der Waals surface area contributed by atoms with Crippen molar-refractivity contribution in [1.82, 2.24) is 10.3 Å². The fraction of sp³-hybridized carbons (Fsp3) is 0.333. The average Bonchev–Trinajstić information content (AvgIpc) is 3.28. The van der Waals surface area contributed by atoms with Gasteiger partial charge in [0.1, 0.15) is 0 Å². The highest BCUT2D eigenvalue weighted by Crippen LogP contribution is 2.51. The van der Waals surface area contributed by atoms with E-state index in [1.807, 2.05) is 36.5 Å². The third-order valence-corrected chi connectivity index (χ3v) is 8.21. The van der Waals surface area contributed by atoms with Crippen LogP contribution < -0.4 is 5.32 Å². The molecule has 4 rings (SSSR count). The molecule has 8 heteroatoms. The Kier molecular flexibility index (Phi) is 8.92. The standard InChI is InChI=1S/C30H31Cl3N2O3/c1-3-4-24(30(2)12-9-19(10-13-30)29(38)34-14-11-26(36)37)27(18-5-7-20(31)8-6-18)23-17-35-28-22(23)15-21(32)16-25(28)33/h5-10,12,15-17,24,27,35H,3-4,11,13-14H2,1-2H3,(H,34,38)(H,36,37). The Labute approximate surface area is 237 Å². The lowest BCUT2D eigenvalue weighted by atomic mass is 9.62. The van der Waals surface area contributed by atoms with Crippen LogP contribution in [0, 0.1) is 11.3 Å². The van der Waals surface area contributed by atoms with E-state index < -0.39 is 5.97 Å². The van der Waals surface area contributed by atoms with E-state index in [1.54, 1.807) is 6.07 Å². The lowest BCUT2D eigenvalue weighted by molar-refractivity contribution is -0.136. The van der Waals surface area contributed by atoms with Gasteiger partial charge in [0, 0.05) is 39.7 Å². The molecule has 2 aromatic carbocycles. The first-order valence-electron chi connectivity index (χ1n) is 12.7.